The zero-order valence-corrected chi connectivity index (χ0v) is 17.4. The Kier molecular flexibility index (Phi) is 5.35. The Bertz CT molecular complexity index is 1030. The van der Waals surface area contributed by atoms with Crippen LogP contribution >= 0.6 is 0 Å². The summed E-state index contributed by atoms with van der Waals surface area (Å²) in [6, 6.07) is 2.29. The molecule has 1 aromatic carbocycles. The number of hydrogen-bond donors (Lipinski definition) is 1. The lowest BCUT2D eigenvalue weighted by molar-refractivity contribution is -0.217. The van der Waals surface area contributed by atoms with Gasteiger partial charge in [0.05, 0.1) is 11.9 Å². The first-order chi connectivity index (χ1) is 13.9. The number of fused-ring (bicyclic) bond motifs is 2. The maximum atomic E-state index is 12.8. The molecule has 2 aliphatic rings. The van der Waals surface area contributed by atoms with Gasteiger partial charge in [-0.2, -0.15) is 17.9 Å². The summed E-state index contributed by atoms with van der Waals surface area (Å²) in [5, 5.41) is 16.8. The van der Waals surface area contributed by atoms with E-state index >= 15 is 0 Å². The summed E-state index contributed by atoms with van der Waals surface area (Å²) in [4.78, 5) is 0. The molecule has 0 amide bonds. The fraction of sp³-hybridized carbons (Fsp3) is 0.500. The molecule has 2 aliphatic carbocycles. The van der Waals surface area contributed by atoms with Gasteiger partial charge in [0.15, 0.2) is 0 Å². The van der Waals surface area contributed by atoms with E-state index in [-0.39, 0.29) is 19.5 Å². The van der Waals surface area contributed by atoms with Crippen LogP contribution in [-0.2, 0) is 49.4 Å². The smallest absolute Gasteiger partial charge is 0.343 e. The average Bonchev–Trinajstić information content (AvgIpc) is 3.39. The number of aryl methyl sites for hydroxylation is 3. The second-order valence-corrected chi connectivity index (χ2v) is 9.23. The van der Waals surface area contributed by atoms with E-state index in [4.69, 9.17) is 5.73 Å². The van der Waals surface area contributed by atoms with Gasteiger partial charge in [-0.15, -0.1) is 0 Å². The fourth-order valence-electron chi connectivity index (χ4n) is 4.54. The first-order valence-corrected chi connectivity index (χ1v) is 11.4. The highest BCUT2D eigenvalue weighted by Crippen LogP contribution is 2.35. The normalized spacial score (nSPS) is 16.1. The Morgan fingerprint density at radius 3 is 2.45 bits per heavy atom. The quantitative estimate of drug-likeness (QED) is 0.518. The third kappa shape index (κ3) is 3.89. The lowest BCUT2D eigenvalue weighted by Gasteiger charge is -2.22. The highest BCUT2D eigenvalue weighted by atomic mass is 32.2. The van der Waals surface area contributed by atoms with Gasteiger partial charge in [-0.05, 0) is 72.2 Å². The van der Waals surface area contributed by atoms with Crippen molar-refractivity contribution < 1.29 is 13.5 Å². The topological polar surface area (TPSA) is 117 Å². The van der Waals surface area contributed by atoms with Crippen LogP contribution in [0.2, 0.25) is 0 Å². The Morgan fingerprint density at radius 2 is 1.90 bits per heavy atom. The third-order valence-electron chi connectivity index (χ3n) is 5.73. The summed E-state index contributed by atoms with van der Waals surface area (Å²) in [5.74, 6) is -0.634. The fourth-order valence-corrected chi connectivity index (χ4v) is 5.66. The maximum absolute atomic E-state index is 12.8. The standard InChI is InChI=1S/C20H27N5O3S/c1-24-13-16(12-22-24)25(9-8-21)29(27,28)23-20(26)11-19-17-6-2-4-14(17)10-15-5-3-7-18(15)19/h10,12-13H,2-9,11,21H2,1H3,(H,23,26)/p-1. The summed E-state index contributed by atoms with van der Waals surface area (Å²) >= 11 is 0. The van der Waals surface area contributed by atoms with Crippen molar-refractivity contribution in [2.45, 2.75) is 44.9 Å². The molecular formula is C20H26N5O3S-. The maximum Gasteiger partial charge on any atom is 0.343 e. The van der Waals surface area contributed by atoms with Crippen molar-refractivity contribution in [1.82, 2.24) is 9.78 Å². The zero-order valence-electron chi connectivity index (χ0n) is 16.6. The molecule has 0 aliphatic heterocycles. The second-order valence-electron chi connectivity index (χ2n) is 7.71. The van der Waals surface area contributed by atoms with Gasteiger partial charge in [-0.25, -0.2) is 4.31 Å². The van der Waals surface area contributed by atoms with Crippen molar-refractivity contribution in [3.05, 3.63) is 46.3 Å². The predicted molar refractivity (Wildman–Crippen MR) is 110 cm³/mol. The first-order valence-electron chi connectivity index (χ1n) is 10.0. The van der Waals surface area contributed by atoms with Crippen molar-refractivity contribution >= 4 is 21.8 Å². The van der Waals surface area contributed by atoms with Gasteiger partial charge >= 0.3 is 10.2 Å². The number of nitrogens with zero attached hydrogens (tertiary/aromatic N) is 4. The van der Waals surface area contributed by atoms with Crippen LogP contribution in [0, 0.1) is 0 Å². The molecule has 0 atom stereocenters. The second kappa shape index (κ2) is 7.79. The minimum atomic E-state index is -4.20. The molecule has 0 unspecified atom stereocenters. The molecule has 1 aromatic heterocycles. The van der Waals surface area contributed by atoms with Gasteiger partial charge in [0.2, 0.25) is 0 Å². The minimum absolute atomic E-state index is 0.0287. The van der Waals surface area contributed by atoms with Gasteiger partial charge in [0.1, 0.15) is 0 Å². The molecule has 2 aromatic rings. The van der Waals surface area contributed by atoms with E-state index in [1.165, 1.54) is 33.1 Å². The van der Waals surface area contributed by atoms with Crippen LogP contribution in [0.5, 0.6) is 0 Å². The van der Waals surface area contributed by atoms with E-state index in [9.17, 15) is 13.5 Å². The van der Waals surface area contributed by atoms with Gasteiger partial charge < -0.3 is 10.8 Å². The molecular weight excluding hydrogens is 390 g/mol. The van der Waals surface area contributed by atoms with Crippen LogP contribution in [0.4, 0.5) is 5.69 Å². The summed E-state index contributed by atoms with van der Waals surface area (Å²) < 4.78 is 31.8. The van der Waals surface area contributed by atoms with Crippen LogP contribution in [0.25, 0.3) is 0 Å². The number of hydrogen-bond acceptors (Lipinski definition) is 5. The average molecular weight is 417 g/mol. The largest absolute Gasteiger partial charge is 0.861 e. The lowest BCUT2D eigenvalue weighted by Crippen LogP contribution is -2.36. The van der Waals surface area contributed by atoms with Gasteiger partial charge in [0.25, 0.3) is 0 Å². The van der Waals surface area contributed by atoms with E-state index in [1.807, 2.05) is 0 Å². The summed E-state index contributed by atoms with van der Waals surface area (Å²) in [7, 11) is -2.51. The molecule has 9 heteroatoms. The van der Waals surface area contributed by atoms with Crippen LogP contribution < -0.4 is 15.1 Å². The van der Waals surface area contributed by atoms with Crippen molar-refractivity contribution in [3.8, 4) is 0 Å². The first kappa shape index (κ1) is 19.9. The minimum Gasteiger partial charge on any atom is -0.861 e. The monoisotopic (exact) mass is 416 g/mol. The molecule has 0 saturated heterocycles. The van der Waals surface area contributed by atoms with E-state index in [2.05, 4.69) is 15.6 Å². The molecule has 2 N–H and O–H groups in total. The molecule has 1 heterocycles. The number of rotatable bonds is 7. The van der Waals surface area contributed by atoms with Crippen LogP contribution in [0.1, 0.15) is 40.7 Å². The predicted octanol–water partition coefficient (Wildman–Crippen LogP) is 0.409. The Morgan fingerprint density at radius 1 is 1.24 bits per heavy atom. The zero-order chi connectivity index (χ0) is 20.6. The molecule has 8 nitrogen and oxygen atoms in total. The molecule has 156 valence electrons. The molecule has 0 saturated carbocycles. The van der Waals surface area contributed by atoms with E-state index < -0.39 is 16.1 Å². The Balaban J connectivity index is 1.65. The molecule has 0 bridgehead atoms. The summed E-state index contributed by atoms with van der Waals surface area (Å²) in [6.07, 6.45) is 9.15. The van der Waals surface area contributed by atoms with Crippen LogP contribution in [-0.4, -0.2) is 37.2 Å². The van der Waals surface area contributed by atoms with E-state index in [0.29, 0.717) is 5.69 Å². The number of anilines is 1. The van der Waals surface area contributed by atoms with Crippen molar-refractivity contribution in [2.24, 2.45) is 17.2 Å². The van der Waals surface area contributed by atoms with Crippen LogP contribution in [0.3, 0.4) is 0 Å². The van der Waals surface area contributed by atoms with Crippen molar-refractivity contribution in [3.63, 3.8) is 0 Å². The molecule has 29 heavy (non-hydrogen) atoms. The molecule has 0 spiro atoms. The van der Waals surface area contributed by atoms with E-state index in [1.54, 1.807) is 13.2 Å². The van der Waals surface area contributed by atoms with Crippen molar-refractivity contribution in [2.75, 3.05) is 17.4 Å². The van der Waals surface area contributed by atoms with Crippen molar-refractivity contribution in [1.29, 1.82) is 0 Å². The molecule has 0 fully saturated rings. The van der Waals surface area contributed by atoms with E-state index in [0.717, 1.165) is 48.4 Å². The Labute approximate surface area is 171 Å². The van der Waals surface area contributed by atoms with Crippen LogP contribution in [0.15, 0.2) is 22.9 Å². The summed E-state index contributed by atoms with van der Waals surface area (Å²) in [5.41, 5.74) is 12.0. The van der Waals surface area contributed by atoms with Gasteiger partial charge in [-0.1, -0.05) is 6.07 Å². The molecule has 4 rings (SSSR count). The highest BCUT2D eigenvalue weighted by Gasteiger charge is 2.25. The number of nitrogens with two attached hydrogens (primary N) is 1. The molecule has 0 radical (unpaired) electrons. The van der Waals surface area contributed by atoms with Gasteiger partial charge in [0, 0.05) is 32.8 Å². The third-order valence-corrected chi connectivity index (χ3v) is 7.12. The van der Waals surface area contributed by atoms with Gasteiger partial charge in [-0.3, -0.25) is 4.68 Å². The number of aromatic nitrogens is 2. The highest BCUT2D eigenvalue weighted by molar-refractivity contribution is 7.91. The lowest BCUT2D eigenvalue weighted by atomic mass is 9.92. The summed E-state index contributed by atoms with van der Waals surface area (Å²) in [6.45, 7) is 0.137. The number of benzene rings is 1. The Hall–Kier alpha value is -2.39. The SMILES string of the molecule is Cn1cc(N(CCN)S(=O)(=O)/N=C(\[O-])Cc2c3c(cc4c2CCC4)CCC3)cn1.